The fourth-order valence-corrected chi connectivity index (χ4v) is 5.28. The molecule has 0 bridgehead atoms. The van der Waals surface area contributed by atoms with Gasteiger partial charge in [-0.15, -0.1) is 0 Å². The Morgan fingerprint density at radius 1 is 1.26 bits per heavy atom. The monoisotopic (exact) mass is 476 g/mol. The molecule has 2 aromatic carbocycles. The van der Waals surface area contributed by atoms with Crippen LogP contribution < -0.4 is 19.5 Å². The number of benzene rings is 2. The number of carbonyl (C=O) groups excluding carboxylic acids is 1. The Morgan fingerprint density at radius 2 is 2.12 bits per heavy atom. The number of carbonyl (C=O) groups is 1. The van der Waals surface area contributed by atoms with E-state index in [1.165, 1.54) is 11.3 Å². The van der Waals surface area contributed by atoms with Crippen molar-refractivity contribution in [2.75, 3.05) is 26.1 Å². The molecule has 1 unspecified atom stereocenters. The highest BCUT2D eigenvalue weighted by molar-refractivity contribution is 7.20. The molecular weight excluding hydrogens is 452 g/mol. The maximum atomic E-state index is 12.9. The van der Waals surface area contributed by atoms with Crippen molar-refractivity contribution in [1.29, 1.82) is 0 Å². The summed E-state index contributed by atoms with van der Waals surface area (Å²) in [6.07, 6.45) is 1.95. The van der Waals surface area contributed by atoms with Gasteiger partial charge in [0, 0.05) is 23.5 Å². The number of amides is 1. The van der Waals surface area contributed by atoms with Crippen molar-refractivity contribution in [1.82, 2.24) is 14.8 Å². The van der Waals surface area contributed by atoms with Gasteiger partial charge in [0.25, 0.3) is 0 Å². The third kappa shape index (κ3) is 3.67. The van der Waals surface area contributed by atoms with Gasteiger partial charge in [0.2, 0.25) is 11.0 Å². The van der Waals surface area contributed by atoms with Gasteiger partial charge in [-0.2, -0.15) is 9.78 Å². The van der Waals surface area contributed by atoms with E-state index in [0.29, 0.717) is 29.1 Å². The zero-order chi connectivity index (χ0) is 23.8. The van der Waals surface area contributed by atoms with E-state index < -0.39 is 0 Å². The van der Waals surface area contributed by atoms with Gasteiger partial charge in [-0.05, 0) is 31.2 Å². The molecule has 2 aromatic heterocycles. The molecule has 5 rings (SSSR count). The third-order valence-corrected chi connectivity index (χ3v) is 6.81. The molecule has 0 fully saturated rings. The molecule has 9 heteroatoms. The molecule has 0 spiro atoms. The van der Waals surface area contributed by atoms with Crippen LogP contribution in [0.2, 0.25) is 0 Å². The number of aromatic nitrogens is 3. The quantitative estimate of drug-likeness (QED) is 0.384. The lowest BCUT2D eigenvalue weighted by Gasteiger charge is -2.26. The summed E-state index contributed by atoms with van der Waals surface area (Å²) < 4.78 is 19.6. The Morgan fingerprint density at radius 3 is 2.88 bits per heavy atom. The van der Waals surface area contributed by atoms with E-state index in [0.717, 1.165) is 32.8 Å². The van der Waals surface area contributed by atoms with Crippen LogP contribution in [-0.4, -0.2) is 41.5 Å². The average Bonchev–Trinajstić information content (AvgIpc) is 3.42. The van der Waals surface area contributed by atoms with Crippen LogP contribution in [-0.2, 0) is 4.79 Å². The maximum absolute atomic E-state index is 12.9. The third-order valence-electron chi connectivity index (χ3n) is 5.82. The molecule has 1 aliphatic rings. The molecule has 3 heterocycles. The van der Waals surface area contributed by atoms with E-state index in [2.05, 4.69) is 11.9 Å². The summed E-state index contributed by atoms with van der Waals surface area (Å²) in [6.45, 7) is 6.02. The molecule has 1 atom stereocenters. The Hall–Kier alpha value is -3.85. The minimum Gasteiger partial charge on any atom is -0.497 e. The SMILES string of the molecule is C=CCOc1c(OC)cccc1C1CC(=O)Nc2c1c(C)nn2-c1nc2ccc(OC)cc2s1. The highest BCUT2D eigenvalue weighted by atomic mass is 32.1. The first-order valence-electron chi connectivity index (χ1n) is 10.8. The van der Waals surface area contributed by atoms with Crippen LogP contribution in [0.5, 0.6) is 17.2 Å². The number of anilines is 1. The first kappa shape index (κ1) is 22.0. The summed E-state index contributed by atoms with van der Waals surface area (Å²) in [5.74, 6) is 2.26. The lowest BCUT2D eigenvalue weighted by Crippen LogP contribution is -2.25. The van der Waals surface area contributed by atoms with Crippen LogP contribution in [0.15, 0.2) is 49.1 Å². The van der Waals surface area contributed by atoms with Gasteiger partial charge in [0.1, 0.15) is 18.2 Å². The summed E-state index contributed by atoms with van der Waals surface area (Å²) in [5.41, 5.74) is 3.46. The number of para-hydroxylation sites is 1. The number of nitrogens with one attached hydrogen (secondary N) is 1. The van der Waals surface area contributed by atoms with Crippen molar-refractivity contribution >= 4 is 33.3 Å². The molecule has 4 aromatic rings. The van der Waals surface area contributed by atoms with Gasteiger partial charge in [-0.25, -0.2) is 4.98 Å². The van der Waals surface area contributed by atoms with Crippen LogP contribution in [0.25, 0.3) is 15.3 Å². The topological polar surface area (TPSA) is 87.5 Å². The number of fused-ring (bicyclic) bond motifs is 2. The number of thiazole rings is 1. The molecule has 0 saturated carbocycles. The van der Waals surface area contributed by atoms with Gasteiger partial charge < -0.3 is 19.5 Å². The predicted molar refractivity (Wildman–Crippen MR) is 132 cm³/mol. The molecule has 8 nitrogen and oxygen atoms in total. The van der Waals surface area contributed by atoms with E-state index in [1.807, 2.05) is 43.3 Å². The number of hydrogen-bond acceptors (Lipinski definition) is 7. The fourth-order valence-electron chi connectivity index (χ4n) is 4.33. The Labute approximate surface area is 200 Å². The number of rotatable bonds is 7. The molecular formula is C25H24N4O4S. The van der Waals surface area contributed by atoms with Crippen LogP contribution in [0.3, 0.4) is 0 Å². The Balaban J connectivity index is 1.65. The first-order chi connectivity index (χ1) is 16.5. The Kier molecular flexibility index (Phi) is 5.70. The minimum atomic E-state index is -0.248. The van der Waals surface area contributed by atoms with Gasteiger partial charge >= 0.3 is 0 Å². The zero-order valence-electron chi connectivity index (χ0n) is 19.1. The van der Waals surface area contributed by atoms with Gasteiger partial charge in [0.15, 0.2) is 11.5 Å². The van der Waals surface area contributed by atoms with E-state index in [4.69, 9.17) is 24.3 Å². The van der Waals surface area contributed by atoms with E-state index in [-0.39, 0.29) is 18.2 Å². The summed E-state index contributed by atoms with van der Waals surface area (Å²) in [5, 5.41) is 8.47. The van der Waals surface area contributed by atoms with Crippen LogP contribution in [0.4, 0.5) is 5.82 Å². The number of aryl methyl sites for hydroxylation is 1. The van der Waals surface area contributed by atoms with Crippen LogP contribution in [0.1, 0.15) is 29.2 Å². The number of methoxy groups -OCH3 is 2. The summed E-state index contributed by atoms with van der Waals surface area (Å²) >= 11 is 1.49. The highest BCUT2D eigenvalue weighted by Gasteiger charge is 2.35. The average molecular weight is 477 g/mol. The molecule has 34 heavy (non-hydrogen) atoms. The van der Waals surface area contributed by atoms with Crippen molar-refractivity contribution in [3.63, 3.8) is 0 Å². The number of hydrogen-bond donors (Lipinski definition) is 1. The molecule has 0 aliphatic carbocycles. The number of nitrogens with zero attached hydrogens (tertiary/aromatic N) is 3. The first-order valence-corrected chi connectivity index (χ1v) is 11.6. The van der Waals surface area contributed by atoms with E-state index >= 15 is 0 Å². The summed E-state index contributed by atoms with van der Waals surface area (Å²) in [6, 6.07) is 11.5. The van der Waals surface area contributed by atoms with Gasteiger partial charge in [0.05, 0.1) is 30.1 Å². The van der Waals surface area contributed by atoms with Crippen LogP contribution in [0, 0.1) is 6.92 Å². The lowest BCUT2D eigenvalue weighted by molar-refractivity contribution is -0.116. The predicted octanol–water partition coefficient (Wildman–Crippen LogP) is 4.85. The van der Waals surface area contributed by atoms with Crippen molar-refractivity contribution in [3.05, 3.63) is 65.9 Å². The zero-order valence-corrected chi connectivity index (χ0v) is 19.9. The molecule has 1 aliphatic heterocycles. The highest BCUT2D eigenvalue weighted by Crippen LogP contribution is 2.46. The Bertz CT molecular complexity index is 1410. The second kappa shape index (κ2) is 8.83. The lowest BCUT2D eigenvalue weighted by atomic mass is 9.85. The maximum Gasteiger partial charge on any atom is 0.226 e. The number of ether oxygens (including phenoxy) is 3. The summed E-state index contributed by atoms with van der Waals surface area (Å²) in [4.78, 5) is 17.6. The fraction of sp³-hybridized carbons (Fsp3) is 0.240. The standard InChI is InChI=1S/C25H24N4O4S/c1-5-11-33-23-16(7-6-8-19(23)32-4)17-13-21(30)27-24-22(17)14(2)28-29(24)25-26-18-10-9-15(31-3)12-20(18)34-25/h5-10,12,17H,1,11,13H2,2-4H3,(H,27,30). The molecule has 1 N–H and O–H groups in total. The second-order valence-corrected chi connectivity index (χ2v) is 8.88. The summed E-state index contributed by atoms with van der Waals surface area (Å²) in [7, 11) is 3.24. The molecule has 1 amide bonds. The smallest absolute Gasteiger partial charge is 0.226 e. The van der Waals surface area contributed by atoms with Crippen molar-refractivity contribution < 1.29 is 19.0 Å². The van der Waals surface area contributed by atoms with Crippen LogP contribution >= 0.6 is 11.3 Å². The largest absolute Gasteiger partial charge is 0.497 e. The van der Waals surface area contributed by atoms with E-state index in [9.17, 15) is 4.79 Å². The second-order valence-electron chi connectivity index (χ2n) is 7.87. The molecule has 0 radical (unpaired) electrons. The normalized spacial score (nSPS) is 15.0. The molecule has 174 valence electrons. The van der Waals surface area contributed by atoms with E-state index in [1.54, 1.807) is 25.0 Å². The van der Waals surface area contributed by atoms with Crippen molar-refractivity contribution in [2.24, 2.45) is 0 Å². The van der Waals surface area contributed by atoms with Gasteiger partial charge in [-0.1, -0.05) is 36.1 Å². The van der Waals surface area contributed by atoms with Gasteiger partial charge in [-0.3, -0.25) is 4.79 Å². The molecule has 0 saturated heterocycles. The van der Waals surface area contributed by atoms with Crippen molar-refractivity contribution in [3.8, 4) is 22.4 Å². The van der Waals surface area contributed by atoms with Crippen molar-refractivity contribution in [2.45, 2.75) is 19.3 Å². The minimum absolute atomic E-state index is 0.0982.